The van der Waals surface area contributed by atoms with Crippen molar-refractivity contribution < 1.29 is 28.9 Å². The molecule has 1 aromatic heterocycles. The van der Waals surface area contributed by atoms with Gasteiger partial charge in [-0.3, -0.25) is 14.2 Å². The van der Waals surface area contributed by atoms with E-state index < -0.39 is 41.5 Å². The van der Waals surface area contributed by atoms with E-state index in [9.17, 15) is 14.7 Å². The summed E-state index contributed by atoms with van der Waals surface area (Å²) < 4.78 is 17.9. The first-order valence-corrected chi connectivity index (χ1v) is 9.99. The first kappa shape index (κ1) is 21.6. The van der Waals surface area contributed by atoms with Crippen LogP contribution in [0.1, 0.15) is 20.1 Å². The first-order chi connectivity index (χ1) is 13.1. The van der Waals surface area contributed by atoms with Crippen LogP contribution in [0.3, 0.4) is 0 Å². The number of carbonyl (C=O) groups is 2. The molecular formula is C16H14BrCl3N2O6. The number of hydrogen-bond donors (Lipinski definition) is 1. The van der Waals surface area contributed by atoms with Crippen molar-refractivity contribution >= 4 is 73.7 Å². The highest BCUT2D eigenvalue weighted by Gasteiger charge is 2.53. The number of carbonyl (C=O) groups excluding carboxylic acids is 2. The molecule has 1 fully saturated rings. The molecule has 0 aliphatic carbocycles. The van der Waals surface area contributed by atoms with E-state index in [1.54, 1.807) is 0 Å². The number of nitrogens with zero attached hydrogens (tertiary/aromatic N) is 2. The molecule has 0 radical (unpaired) electrons. The Hall–Kier alpha value is -1.10. The molecule has 1 aliphatic heterocycles. The highest BCUT2D eigenvalue weighted by Crippen LogP contribution is 2.41. The summed E-state index contributed by atoms with van der Waals surface area (Å²) >= 11 is 21.4. The molecule has 0 spiro atoms. The number of alkyl halides is 1. The van der Waals surface area contributed by atoms with Gasteiger partial charge in [0, 0.05) is 13.8 Å². The van der Waals surface area contributed by atoms with Gasteiger partial charge < -0.3 is 19.3 Å². The van der Waals surface area contributed by atoms with Crippen LogP contribution in [0.2, 0.25) is 15.3 Å². The topological polar surface area (TPSA) is 99.9 Å². The average molecular weight is 517 g/mol. The van der Waals surface area contributed by atoms with Crippen molar-refractivity contribution in [1.29, 1.82) is 0 Å². The molecule has 0 bridgehead atoms. The van der Waals surface area contributed by atoms with Crippen molar-refractivity contribution in [1.82, 2.24) is 9.55 Å². The molecule has 8 nitrogen and oxygen atoms in total. The van der Waals surface area contributed by atoms with Crippen LogP contribution in [0.15, 0.2) is 12.1 Å². The van der Waals surface area contributed by atoms with Gasteiger partial charge in [-0.2, -0.15) is 0 Å². The summed E-state index contributed by atoms with van der Waals surface area (Å²) in [6.45, 7) is 2.39. The number of halogens is 4. The number of imidazole rings is 1. The maximum absolute atomic E-state index is 11.7. The number of fused-ring (bicyclic) bond motifs is 1. The van der Waals surface area contributed by atoms with Crippen molar-refractivity contribution in [2.24, 2.45) is 0 Å². The molecule has 1 saturated heterocycles. The zero-order valence-electron chi connectivity index (χ0n) is 14.4. The van der Waals surface area contributed by atoms with Crippen LogP contribution in [0, 0.1) is 0 Å². The lowest BCUT2D eigenvalue weighted by atomic mass is 10.1. The van der Waals surface area contributed by atoms with Crippen LogP contribution in [-0.4, -0.2) is 49.9 Å². The van der Waals surface area contributed by atoms with Crippen LogP contribution in [0.4, 0.5) is 0 Å². The first-order valence-electron chi connectivity index (χ1n) is 7.94. The predicted molar refractivity (Wildman–Crippen MR) is 105 cm³/mol. The maximum atomic E-state index is 11.7. The SMILES string of the molecule is CC(=O)OC1C(OC(C)=O)[C@@H](C(O)Br)OC1n1c(Cl)nc2cc(Cl)c(Cl)cc21. The second-order valence-corrected chi connectivity index (χ2v) is 8.11. The number of esters is 2. The molecule has 28 heavy (non-hydrogen) atoms. The van der Waals surface area contributed by atoms with Gasteiger partial charge in [0.25, 0.3) is 0 Å². The van der Waals surface area contributed by atoms with E-state index in [4.69, 9.17) is 49.0 Å². The maximum Gasteiger partial charge on any atom is 0.303 e. The second-order valence-electron chi connectivity index (χ2n) is 6.02. The van der Waals surface area contributed by atoms with Gasteiger partial charge >= 0.3 is 11.9 Å². The largest absolute Gasteiger partial charge is 0.455 e. The highest BCUT2D eigenvalue weighted by molar-refractivity contribution is 9.09. The van der Waals surface area contributed by atoms with Gasteiger partial charge in [-0.05, 0) is 23.7 Å². The van der Waals surface area contributed by atoms with Crippen molar-refractivity contribution in [3.63, 3.8) is 0 Å². The fourth-order valence-electron chi connectivity index (χ4n) is 3.04. The predicted octanol–water partition coefficient (Wildman–Crippen LogP) is 3.47. The Bertz CT molecular complexity index is 937. The zero-order valence-corrected chi connectivity index (χ0v) is 18.3. The van der Waals surface area contributed by atoms with E-state index in [2.05, 4.69) is 20.9 Å². The van der Waals surface area contributed by atoms with Crippen LogP contribution in [0.25, 0.3) is 11.0 Å². The summed E-state index contributed by atoms with van der Waals surface area (Å²) in [6.07, 6.45) is -4.31. The van der Waals surface area contributed by atoms with Crippen LogP contribution >= 0.6 is 50.7 Å². The van der Waals surface area contributed by atoms with Crippen molar-refractivity contribution in [3.05, 3.63) is 27.5 Å². The monoisotopic (exact) mass is 514 g/mol. The minimum Gasteiger partial charge on any atom is -0.455 e. The average Bonchev–Trinajstić information content (AvgIpc) is 3.05. The van der Waals surface area contributed by atoms with E-state index in [0.717, 1.165) is 0 Å². The lowest BCUT2D eigenvalue weighted by Crippen LogP contribution is -2.41. The van der Waals surface area contributed by atoms with E-state index in [1.807, 2.05) is 0 Å². The molecular weight excluding hydrogens is 502 g/mol. The van der Waals surface area contributed by atoms with Crippen LogP contribution in [0.5, 0.6) is 0 Å². The molecule has 1 aliphatic rings. The second kappa shape index (κ2) is 8.33. The third-order valence-electron chi connectivity index (χ3n) is 4.04. The fourth-order valence-corrected chi connectivity index (χ4v) is 4.06. The number of benzene rings is 1. The molecule has 5 atom stereocenters. The number of ether oxygens (including phenoxy) is 3. The van der Waals surface area contributed by atoms with Gasteiger partial charge in [0.15, 0.2) is 18.4 Å². The van der Waals surface area contributed by atoms with Crippen molar-refractivity contribution in [3.8, 4) is 0 Å². The number of aliphatic hydroxyl groups excluding tert-OH is 1. The molecule has 1 N–H and O–H groups in total. The van der Waals surface area contributed by atoms with Gasteiger partial charge in [-0.25, -0.2) is 4.98 Å². The molecule has 0 saturated carbocycles. The summed E-state index contributed by atoms with van der Waals surface area (Å²) in [5, 5.41) is 9.35. The Labute approximate surface area is 182 Å². The van der Waals surface area contributed by atoms with E-state index in [1.165, 1.54) is 30.5 Å². The summed E-state index contributed by atoms with van der Waals surface area (Å²) in [5.74, 6) is -1.27. The molecule has 1 aromatic carbocycles. The Kier molecular flexibility index (Phi) is 6.43. The molecule has 2 heterocycles. The zero-order chi connectivity index (χ0) is 20.7. The Morgan fingerprint density at radius 3 is 2.32 bits per heavy atom. The standard InChI is InChI=1S/C16H14BrCl3N2O6/c1-5(23)26-11-12(14(17)25)28-15(13(11)27-6(2)24)22-10-4-8(19)7(18)3-9(10)21-16(22)20/h3-4,11-15,25H,1-2H3/t11?,12-,13?,14?,15?/m0/s1. The Morgan fingerprint density at radius 1 is 1.18 bits per heavy atom. The quantitative estimate of drug-likeness (QED) is 0.491. The molecule has 152 valence electrons. The van der Waals surface area contributed by atoms with Gasteiger partial charge in [-0.15, -0.1) is 0 Å². The van der Waals surface area contributed by atoms with Gasteiger partial charge in [0.1, 0.15) is 11.1 Å². The van der Waals surface area contributed by atoms with Crippen molar-refractivity contribution in [2.75, 3.05) is 0 Å². The minimum atomic E-state index is -1.22. The number of rotatable bonds is 4. The molecule has 12 heteroatoms. The lowest BCUT2D eigenvalue weighted by molar-refractivity contribution is -0.165. The number of aliphatic hydroxyl groups is 1. The summed E-state index contributed by atoms with van der Waals surface area (Å²) in [5.41, 5.74) is 0.879. The normalized spacial score (nSPS) is 25.7. The highest BCUT2D eigenvalue weighted by atomic mass is 79.9. The molecule has 4 unspecified atom stereocenters. The van der Waals surface area contributed by atoms with E-state index >= 15 is 0 Å². The van der Waals surface area contributed by atoms with Crippen molar-refractivity contribution in [2.45, 2.75) is 43.4 Å². The molecule has 0 amide bonds. The number of aromatic nitrogens is 2. The minimum absolute atomic E-state index is 0.00164. The Morgan fingerprint density at radius 2 is 1.75 bits per heavy atom. The third-order valence-corrected chi connectivity index (χ3v) is 5.55. The fraction of sp³-hybridized carbons (Fsp3) is 0.438. The summed E-state index contributed by atoms with van der Waals surface area (Å²) in [6, 6.07) is 3.06. The summed E-state index contributed by atoms with van der Waals surface area (Å²) in [4.78, 5) is 27.5. The van der Waals surface area contributed by atoms with E-state index in [0.29, 0.717) is 11.0 Å². The molecule has 2 aromatic rings. The lowest BCUT2D eigenvalue weighted by Gasteiger charge is -2.24. The van der Waals surface area contributed by atoms with Gasteiger partial charge in [0.2, 0.25) is 5.28 Å². The van der Waals surface area contributed by atoms with Crippen LogP contribution in [-0.2, 0) is 23.8 Å². The molecule has 3 rings (SSSR count). The van der Waals surface area contributed by atoms with Gasteiger partial charge in [-0.1, -0.05) is 39.1 Å². The van der Waals surface area contributed by atoms with Gasteiger partial charge in [0.05, 0.1) is 21.1 Å². The smallest absolute Gasteiger partial charge is 0.303 e. The summed E-state index contributed by atoms with van der Waals surface area (Å²) in [7, 11) is 0. The van der Waals surface area contributed by atoms with E-state index in [-0.39, 0.29) is 15.3 Å². The van der Waals surface area contributed by atoms with Crippen LogP contribution < -0.4 is 0 Å². The Balaban J connectivity index is 2.14. The third kappa shape index (κ3) is 4.10. The number of hydrogen-bond acceptors (Lipinski definition) is 7.